The summed E-state index contributed by atoms with van der Waals surface area (Å²) >= 11 is 2.92. The van der Waals surface area contributed by atoms with Gasteiger partial charge in [0.15, 0.2) is 0 Å². The number of anilines is 1. The zero-order valence-corrected chi connectivity index (χ0v) is 24.0. The average Bonchev–Trinajstić information content (AvgIpc) is 3.32. The molecule has 1 unspecified atom stereocenters. The molecule has 8 heteroatoms. The molecule has 0 bridgehead atoms. The zero-order valence-electron chi connectivity index (χ0n) is 22.4. The number of nitriles is 2. The van der Waals surface area contributed by atoms with Crippen LogP contribution in [0.2, 0.25) is 0 Å². The van der Waals surface area contributed by atoms with Gasteiger partial charge in [0.05, 0.1) is 23.9 Å². The first-order chi connectivity index (χ1) is 19.5. The minimum Gasteiger partial charge on any atom is -0.497 e. The lowest BCUT2D eigenvalue weighted by atomic mass is 9.89. The third-order valence-corrected chi connectivity index (χ3v) is 9.16. The molecule has 200 valence electrons. The quantitative estimate of drug-likeness (QED) is 0.223. The first-order valence-corrected chi connectivity index (χ1v) is 14.9. The fourth-order valence-corrected chi connectivity index (χ4v) is 7.20. The summed E-state index contributed by atoms with van der Waals surface area (Å²) in [7, 11) is 1.62. The van der Waals surface area contributed by atoms with E-state index in [4.69, 9.17) is 9.72 Å². The van der Waals surface area contributed by atoms with Crippen molar-refractivity contribution in [3.05, 3.63) is 82.2 Å². The Kier molecular flexibility index (Phi) is 8.50. The van der Waals surface area contributed by atoms with Crippen LogP contribution < -0.4 is 10.1 Å². The molecule has 40 heavy (non-hydrogen) atoms. The third-order valence-electron chi connectivity index (χ3n) is 7.01. The highest BCUT2D eigenvalue weighted by atomic mass is 32.2. The fourth-order valence-electron chi connectivity index (χ4n) is 4.88. The van der Waals surface area contributed by atoms with Gasteiger partial charge in [0.25, 0.3) is 0 Å². The second-order valence-corrected chi connectivity index (χ2v) is 11.9. The van der Waals surface area contributed by atoms with E-state index in [1.807, 2.05) is 60.7 Å². The first kappa shape index (κ1) is 27.5. The molecule has 0 aliphatic heterocycles. The van der Waals surface area contributed by atoms with Crippen LogP contribution in [-0.2, 0) is 17.6 Å². The van der Waals surface area contributed by atoms with E-state index in [1.54, 1.807) is 7.11 Å². The number of thiophene rings is 1. The van der Waals surface area contributed by atoms with Gasteiger partial charge in [-0.3, -0.25) is 4.79 Å². The summed E-state index contributed by atoms with van der Waals surface area (Å²) in [5.41, 5.74) is 5.56. The number of fused-ring (bicyclic) bond motifs is 1. The lowest BCUT2D eigenvalue weighted by molar-refractivity contribution is -0.115. The molecule has 0 radical (unpaired) electrons. The number of nitrogens with zero attached hydrogens (tertiary/aromatic N) is 3. The van der Waals surface area contributed by atoms with Crippen molar-refractivity contribution in [2.24, 2.45) is 5.92 Å². The van der Waals surface area contributed by atoms with Gasteiger partial charge in [0.1, 0.15) is 27.9 Å². The van der Waals surface area contributed by atoms with Gasteiger partial charge in [0, 0.05) is 28.2 Å². The van der Waals surface area contributed by atoms with E-state index in [2.05, 4.69) is 24.4 Å². The summed E-state index contributed by atoms with van der Waals surface area (Å²) in [4.78, 5) is 19.0. The van der Waals surface area contributed by atoms with Gasteiger partial charge in [-0.25, -0.2) is 4.98 Å². The SMILES string of the molecule is COc1ccc(-c2cc(-c3ccccc3)nc(SCCC(=O)Nc3sc4c(c3C#N)CCC(C)C4)c2C#N)cc1. The molecule has 0 saturated carbocycles. The topological polar surface area (TPSA) is 98.8 Å². The lowest BCUT2D eigenvalue weighted by Crippen LogP contribution is -2.12. The molecule has 0 saturated heterocycles. The molecule has 5 rings (SSSR count). The highest BCUT2D eigenvalue weighted by molar-refractivity contribution is 7.99. The Hall–Kier alpha value is -4.11. The molecule has 4 aromatic rings. The minimum absolute atomic E-state index is 0.149. The highest BCUT2D eigenvalue weighted by Crippen LogP contribution is 2.39. The van der Waals surface area contributed by atoms with E-state index in [-0.39, 0.29) is 12.3 Å². The van der Waals surface area contributed by atoms with Gasteiger partial charge in [-0.1, -0.05) is 49.4 Å². The van der Waals surface area contributed by atoms with Crippen molar-refractivity contribution >= 4 is 34.0 Å². The maximum absolute atomic E-state index is 12.9. The number of amides is 1. The van der Waals surface area contributed by atoms with Crippen molar-refractivity contribution in [3.63, 3.8) is 0 Å². The van der Waals surface area contributed by atoms with Gasteiger partial charge >= 0.3 is 0 Å². The Morgan fingerprint density at radius 2 is 1.85 bits per heavy atom. The number of nitrogens with one attached hydrogen (secondary N) is 1. The van der Waals surface area contributed by atoms with Crippen LogP contribution in [0.1, 0.15) is 41.3 Å². The monoisotopic (exact) mass is 564 g/mol. The number of methoxy groups -OCH3 is 1. The smallest absolute Gasteiger partial charge is 0.225 e. The predicted octanol–water partition coefficient (Wildman–Crippen LogP) is 7.47. The molecule has 2 aromatic carbocycles. The number of thioether (sulfide) groups is 1. The van der Waals surface area contributed by atoms with Crippen molar-refractivity contribution in [2.75, 3.05) is 18.2 Å². The minimum atomic E-state index is -0.149. The second-order valence-electron chi connectivity index (χ2n) is 9.76. The number of benzene rings is 2. The fraction of sp³-hybridized carbons (Fsp3) is 0.250. The number of carbonyl (C=O) groups is 1. The van der Waals surface area contributed by atoms with Crippen LogP contribution in [0.15, 0.2) is 65.7 Å². The summed E-state index contributed by atoms with van der Waals surface area (Å²) in [6.07, 6.45) is 3.14. The summed E-state index contributed by atoms with van der Waals surface area (Å²) in [5.74, 6) is 1.62. The van der Waals surface area contributed by atoms with Crippen LogP contribution in [0.5, 0.6) is 5.75 Å². The average molecular weight is 565 g/mol. The van der Waals surface area contributed by atoms with E-state index < -0.39 is 0 Å². The van der Waals surface area contributed by atoms with Crippen LogP contribution >= 0.6 is 23.1 Å². The predicted molar refractivity (Wildman–Crippen MR) is 161 cm³/mol. The third kappa shape index (κ3) is 5.89. The molecular formula is C32H28N4O2S2. The van der Waals surface area contributed by atoms with E-state index in [0.717, 1.165) is 53.0 Å². The largest absolute Gasteiger partial charge is 0.497 e. The summed E-state index contributed by atoms with van der Waals surface area (Å²) in [5, 5.41) is 24.1. The highest BCUT2D eigenvalue weighted by Gasteiger charge is 2.25. The van der Waals surface area contributed by atoms with Crippen molar-refractivity contribution in [3.8, 4) is 40.3 Å². The summed E-state index contributed by atoms with van der Waals surface area (Å²) in [6.45, 7) is 2.22. The lowest BCUT2D eigenvalue weighted by Gasteiger charge is -2.17. The van der Waals surface area contributed by atoms with Crippen LogP contribution in [0.25, 0.3) is 22.4 Å². The number of carbonyl (C=O) groups excluding carboxylic acids is 1. The number of ether oxygens (including phenoxy) is 1. The van der Waals surface area contributed by atoms with E-state index in [9.17, 15) is 15.3 Å². The Labute approximate surface area is 242 Å². The van der Waals surface area contributed by atoms with Crippen LogP contribution in [0.3, 0.4) is 0 Å². The second kappa shape index (κ2) is 12.4. The van der Waals surface area contributed by atoms with Crippen molar-refractivity contribution in [1.29, 1.82) is 10.5 Å². The molecule has 0 spiro atoms. The number of rotatable bonds is 8. The molecule has 2 heterocycles. The maximum Gasteiger partial charge on any atom is 0.225 e. The van der Waals surface area contributed by atoms with Crippen LogP contribution in [0, 0.1) is 28.6 Å². The number of hydrogen-bond donors (Lipinski definition) is 1. The van der Waals surface area contributed by atoms with Crippen LogP contribution in [0.4, 0.5) is 5.00 Å². The molecule has 1 aliphatic carbocycles. The van der Waals surface area contributed by atoms with E-state index >= 15 is 0 Å². The standard InChI is InChI=1S/C32H28N4O2S2/c1-20-8-13-24-26(18-33)32(40-29(24)16-20)36-30(37)14-15-39-31-27(19-34)25(21-9-11-23(38-2)12-10-21)17-28(35-31)22-6-4-3-5-7-22/h3-7,9-12,17,20H,8,13-16H2,1-2H3,(H,36,37). The van der Waals surface area contributed by atoms with E-state index in [1.165, 1.54) is 28.0 Å². The Morgan fingerprint density at radius 1 is 1.10 bits per heavy atom. The van der Waals surface area contributed by atoms with Crippen molar-refractivity contribution in [1.82, 2.24) is 4.98 Å². The Balaban J connectivity index is 1.37. The van der Waals surface area contributed by atoms with Crippen molar-refractivity contribution < 1.29 is 9.53 Å². The molecule has 1 N–H and O–H groups in total. The molecule has 1 aliphatic rings. The zero-order chi connectivity index (χ0) is 28.1. The van der Waals surface area contributed by atoms with Gasteiger partial charge in [-0.15, -0.1) is 23.1 Å². The molecule has 1 atom stereocenters. The normalized spacial score (nSPS) is 14.1. The van der Waals surface area contributed by atoms with Gasteiger partial charge in [-0.2, -0.15) is 10.5 Å². The molecule has 6 nitrogen and oxygen atoms in total. The number of aromatic nitrogens is 1. The van der Waals surface area contributed by atoms with Gasteiger partial charge < -0.3 is 10.1 Å². The number of pyridine rings is 1. The molecule has 2 aromatic heterocycles. The molecule has 1 amide bonds. The molecular weight excluding hydrogens is 537 g/mol. The summed E-state index contributed by atoms with van der Waals surface area (Å²) in [6, 6.07) is 24.0. The Morgan fingerprint density at radius 3 is 2.55 bits per heavy atom. The maximum atomic E-state index is 12.9. The Bertz CT molecular complexity index is 1620. The van der Waals surface area contributed by atoms with Gasteiger partial charge in [0.2, 0.25) is 5.91 Å². The van der Waals surface area contributed by atoms with Crippen LogP contribution in [-0.4, -0.2) is 23.8 Å². The first-order valence-electron chi connectivity index (χ1n) is 13.1. The van der Waals surface area contributed by atoms with E-state index in [0.29, 0.717) is 32.8 Å². The summed E-state index contributed by atoms with van der Waals surface area (Å²) < 4.78 is 5.30. The van der Waals surface area contributed by atoms with Gasteiger partial charge in [-0.05, 0) is 54.5 Å². The molecule has 0 fully saturated rings. The van der Waals surface area contributed by atoms with Crippen molar-refractivity contribution in [2.45, 2.75) is 37.6 Å². The number of hydrogen-bond acceptors (Lipinski definition) is 7.